The number of carbonyl (C=O) groups excluding carboxylic acids is 1. The molecule has 0 unspecified atom stereocenters. The number of hydrogen-bond donors (Lipinski definition) is 2. The summed E-state index contributed by atoms with van der Waals surface area (Å²) in [6.07, 6.45) is 3.13. The Kier molecular flexibility index (Phi) is 3.44. The molecule has 3 heteroatoms. The number of rotatable bonds is 3. The molecule has 2 N–H and O–H groups in total. The number of allylic oxidation sites excluding steroid dienone is 1. The molecule has 2 aromatic carbocycles. The first-order valence-corrected chi connectivity index (χ1v) is 5.46. The Labute approximate surface area is 105 Å². The average molecular weight is 240 g/mol. The largest absolute Gasteiger partial charge is 0.504 e. The Hall–Kier alpha value is -2.55. The van der Waals surface area contributed by atoms with Crippen molar-refractivity contribution < 1.29 is 15.0 Å². The van der Waals surface area contributed by atoms with Crippen LogP contribution in [0.4, 0.5) is 0 Å². The zero-order valence-corrected chi connectivity index (χ0v) is 9.58. The molecule has 2 aromatic rings. The van der Waals surface area contributed by atoms with Crippen molar-refractivity contribution in [3.8, 4) is 11.5 Å². The average Bonchev–Trinajstić information content (AvgIpc) is 2.40. The standard InChI is InChI=1S/C15H12O3/c16-13(8-6-11-4-2-1-3-5-11)12-7-9-14(17)15(18)10-12/h1-10,17-18H/b8-6+. The number of carbonyl (C=O) groups is 1. The van der Waals surface area contributed by atoms with Gasteiger partial charge in [-0.25, -0.2) is 0 Å². The van der Waals surface area contributed by atoms with Gasteiger partial charge in [0.25, 0.3) is 0 Å². The van der Waals surface area contributed by atoms with E-state index in [9.17, 15) is 9.90 Å². The van der Waals surface area contributed by atoms with Gasteiger partial charge in [-0.05, 0) is 29.8 Å². The molecule has 0 aromatic heterocycles. The second kappa shape index (κ2) is 5.19. The molecule has 18 heavy (non-hydrogen) atoms. The summed E-state index contributed by atoms with van der Waals surface area (Å²) < 4.78 is 0. The third-order valence-electron chi connectivity index (χ3n) is 2.49. The van der Waals surface area contributed by atoms with Crippen molar-refractivity contribution >= 4 is 11.9 Å². The monoisotopic (exact) mass is 240 g/mol. The first-order valence-electron chi connectivity index (χ1n) is 5.46. The molecule has 0 saturated carbocycles. The van der Waals surface area contributed by atoms with Gasteiger partial charge in [0.05, 0.1) is 0 Å². The molecule has 0 amide bonds. The Bertz CT molecular complexity index is 586. The Morgan fingerprint density at radius 2 is 1.67 bits per heavy atom. The minimum absolute atomic E-state index is 0.228. The fourth-order valence-electron chi connectivity index (χ4n) is 1.51. The molecule has 0 bridgehead atoms. The number of aromatic hydroxyl groups is 2. The SMILES string of the molecule is O=C(/C=C/c1ccccc1)c1ccc(O)c(O)c1. The predicted octanol–water partition coefficient (Wildman–Crippen LogP) is 2.99. The van der Waals surface area contributed by atoms with Gasteiger partial charge in [-0.1, -0.05) is 36.4 Å². The van der Waals surface area contributed by atoms with Gasteiger partial charge in [-0.15, -0.1) is 0 Å². The Morgan fingerprint density at radius 1 is 0.944 bits per heavy atom. The molecule has 0 aliphatic heterocycles. The minimum atomic E-state index is -0.297. The van der Waals surface area contributed by atoms with Crippen LogP contribution in [0, 0.1) is 0 Å². The summed E-state index contributed by atoms with van der Waals surface area (Å²) in [6, 6.07) is 13.4. The summed E-state index contributed by atoms with van der Waals surface area (Å²) in [7, 11) is 0. The van der Waals surface area contributed by atoms with E-state index in [0.29, 0.717) is 5.56 Å². The highest BCUT2D eigenvalue weighted by atomic mass is 16.3. The van der Waals surface area contributed by atoms with Crippen molar-refractivity contribution in [2.75, 3.05) is 0 Å². The molecule has 0 aliphatic carbocycles. The van der Waals surface area contributed by atoms with Crippen molar-refractivity contribution in [3.05, 3.63) is 65.7 Å². The van der Waals surface area contributed by atoms with E-state index in [2.05, 4.69) is 0 Å². The fraction of sp³-hybridized carbons (Fsp3) is 0. The van der Waals surface area contributed by atoms with Crippen LogP contribution in [-0.2, 0) is 0 Å². The van der Waals surface area contributed by atoms with Crippen molar-refractivity contribution in [1.29, 1.82) is 0 Å². The van der Waals surface area contributed by atoms with E-state index in [1.165, 1.54) is 24.3 Å². The molecule has 0 heterocycles. The van der Waals surface area contributed by atoms with Crippen molar-refractivity contribution in [1.82, 2.24) is 0 Å². The van der Waals surface area contributed by atoms with E-state index in [0.717, 1.165) is 5.56 Å². The predicted molar refractivity (Wildman–Crippen MR) is 69.6 cm³/mol. The second-order valence-electron chi connectivity index (χ2n) is 3.81. The summed E-state index contributed by atoms with van der Waals surface area (Å²) in [4.78, 5) is 11.8. The number of ketones is 1. The summed E-state index contributed by atoms with van der Waals surface area (Å²) in [5.41, 5.74) is 1.26. The quantitative estimate of drug-likeness (QED) is 0.492. The van der Waals surface area contributed by atoms with Gasteiger partial charge in [0.15, 0.2) is 17.3 Å². The van der Waals surface area contributed by atoms with Crippen LogP contribution in [0.25, 0.3) is 6.08 Å². The van der Waals surface area contributed by atoms with Gasteiger partial charge in [0.1, 0.15) is 0 Å². The van der Waals surface area contributed by atoms with E-state index in [4.69, 9.17) is 5.11 Å². The molecule has 0 fully saturated rings. The molecule has 0 spiro atoms. The fourth-order valence-corrected chi connectivity index (χ4v) is 1.51. The first kappa shape index (κ1) is 11.9. The molecular weight excluding hydrogens is 228 g/mol. The van der Waals surface area contributed by atoms with Crippen LogP contribution >= 0.6 is 0 Å². The molecule has 3 nitrogen and oxygen atoms in total. The second-order valence-corrected chi connectivity index (χ2v) is 3.81. The zero-order chi connectivity index (χ0) is 13.0. The summed E-state index contributed by atoms with van der Waals surface area (Å²) >= 11 is 0. The lowest BCUT2D eigenvalue weighted by Crippen LogP contribution is -1.93. The van der Waals surface area contributed by atoms with E-state index in [1.54, 1.807) is 6.08 Å². The zero-order valence-electron chi connectivity index (χ0n) is 9.58. The van der Waals surface area contributed by atoms with Gasteiger partial charge in [0.2, 0.25) is 0 Å². The van der Waals surface area contributed by atoms with Gasteiger partial charge < -0.3 is 10.2 Å². The molecule has 0 atom stereocenters. The maximum absolute atomic E-state index is 11.8. The highest BCUT2D eigenvalue weighted by molar-refractivity contribution is 6.07. The van der Waals surface area contributed by atoms with Gasteiger partial charge in [-0.3, -0.25) is 4.79 Å². The van der Waals surface area contributed by atoms with Crippen LogP contribution in [0.3, 0.4) is 0 Å². The van der Waals surface area contributed by atoms with E-state index in [1.807, 2.05) is 30.3 Å². The van der Waals surface area contributed by atoms with E-state index < -0.39 is 0 Å². The summed E-state index contributed by atoms with van der Waals surface area (Å²) in [5, 5.41) is 18.5. The summed E-state index contributed by atoms with van der Waals surface area (Å²) in [5.74, 6) is -0.762. The van der Waals surface area contributed by atoms with Crippen LogP contribution in [-0.4, -0.2) is 16.0 Å². The van der Waals surface area contributed by atoms with Crippen molar-refractivity contribution in [2.24, 2.45) is 0 Å². The maximum atomic E-state index is 11.8. The normalized spacial score (nSPS) is 10.7. The Balaban J connectivity index is 2.17. The van der Waals surface area contributed by atoms with Crippen LogP contribution in [0.1, 0.15) is 15.9 Å². The lowest BCUT2D eigenvalue weighted by atomic mass is 10.1. The smallest absolute Gasteiger partial charge is 0.185 e. The number of hydrogen-bond acceptors (Lipinski definition) is 3. The van der Waals surface area contributed by atoms with Crippen LogP contribution in [0.15, 0.2) is 54.6 Å². The van der Waals surface area contributed by atoms with Gasteiger partial charge in [-0.2, -0.15) is 0 Å². The lowest BCUT2D eigenvalue weighted by Gasteiger charge is -1.99. The highest BCUT2D eigenvalue weighted by Gasteiger charge is 2.05. The van der Waals surface area contributed by atoms with Crippen LogP contribution in [0.2, 0.25) is 0 Å². The molecule has 90 valence electrons. The van der Waals surface area contributed by atoms with Gasteiger partial charge in [0, 0.05) is 5.56 Å². The summed E-state index contributed by atoms with van der Waals surface area (Å²) in [6.45, 7) is 0. The first-order chi connectivity index (χ1) is 8.66. The number of phenolic OH excluding ortho intramolecular Hbond substituents is 2. The van der Waals surface area contributed by atoms with Crippen LogP contribution < -0.4 is 0 Å². The third kappa shape index (κ3) is 2.77. The lowest BCUT2D eigenvalue weighted by molar-refractivity contribution is 0.104. The highest BCUT2D eigenvalue weighted by Crippen LogP contribution is 2.25. The van der Waals surface area contributed by atoms with Gasteiger partial charge >= 0.3 is 0 Å². The molecule has 2 rings (SSSR count). The molecular formula is C15H12O3. The van der Waals surface area contributed by atoms with E-state index >= 15 is 0 Å². The minimum Gasteiger partial charge on any atom is -0.504 e. The molecule has 0 radical (unpaired) electrons. The number of benzene rings is 2. The maximum Gasteiger partial charge on any atom is 0.185 e. The van der Waals surface area contributed by atoms with Crippen LogP contribution in [0.5, 0.6) is 11.5 Å². The Morgan fingerprint density at radius 3 is 2.33 bits per heavy atom. The van der Waals surface area contributed by atoms with E-state index in [-0.39, 0.29) is 17.3 Å². The third-order valence-corrected chi connectivity index (χ3v) is 2.49. The van der Waals surface area contributed by atoms with Crippen molar-refractivity contribution in [3.63, 3.8) is 0 Å². The molecule has 0 saturated heterocycles. The van der Waals surface area contributed by atoms with Crippen molar-refractivity contribution in [2.45, 2.75) is 0 Å². The topological polar surface area (TPSA) is 57.5 Å². The molecule has 0 aliphatic rings. The number of phenols is 2.